The molecule has 0 fully saturated rings. The molecule has 21 heteroatoms. The molecule has 0 atom stereocenters. The fourth-order valence-corrected chi connectivity index (χ4v) is 4.26. The van der Waals surface area contributed by atoms with Crippen molar-refractivity contribution >= 4 is 29.3 Å². The molecule has 0 saturated heterocycles. The Balaban J connectivity index is 0.000000388. The van der Waals surface area contributed by atoms with E-state index < -0.39 is 80.9 Å². The molecule has 5 aromatic rings. The van der Waals surface area contributed by atoms with E-state index in [1.54, 1.807) is 6.92 Å². The maximum absolute atomic E-state index is 10.9. The summed E-state index contributed by atoms with van der Waals surface area (Å²) in [5.74, 6) is -9.35. The second-order valence-electron chi connectivity index (χ2n) is 12.3. The predicted molar refractivity (Wildman–Crippen MR) is 213 cm³/mol. The predicted octanol–water partition coefficient (Wildman–Crippen LogP) is 4.80. The summed E-state index contributed by atoms with van der Waals surface area (Å²) in [6.45, 7) is 5.63. The first-order valence-corrected chi connectivity index (χ1v) is 16.9. The van der Waals surface area contributed by atoms with E-state index in [4.69, 9.17) is 71.5 Å². The van der Waals surface area contributed by atoms with Crippen LogP contribution in [0.5, 0.6) is 80.5 Å². The number of esters is 2. The first-order valence-electron chi connectivity index (χ1n) is 16.9. The lowest BCUT2D eigenvalue weighted by atomic mass is 10.1. The molecule has 21 nitrogen and oxygen atoms in total. The summed E-state index contributed by atoms with van der Waals surface area (Å²) in [6.07, 6.45) is 0. The summed E-state index contributed by atoms with van der Waals surface area (Å²) in [7, 11) is 2.34. The Morgan fingerprint density at radius 2 is 0.500 bits per heavy atom. The van der Waals surface area contributed by atoms with E-state index in [0.29, 0.717) is 11.1 Å². The summed E-state index contributed by atoms with van der Waals surface area (Å²) < 4.78 is 8.69. The van der Waals surface area contributed by atoms with Crippen molar-refractivity contribution in [2.24, 2.45) is 0 Å². The lowest BCUT2D eigenvalue weighted by Crippen LogP contribution is -2.00. The highest BCUT2D eigenvalue weighted by molar-refractivity contribution is 5.96. The normalized spacial score (nSPS) is 9.71. The third-order valence-electron chi connectivity index (χ3n) is 7.62. The summed E-state index contributed by atoms with van der Waals surface area (Å²) >= 11 is 0. The Morgan fingerprint density at radius 3 is 0.677 bits per heavy atom. The molecular weight excluding hydrogens is 828 g/mol. The fraction of sp³-hybridized carbons (Fsp3) is 0.146. The molecule has 0 spiro atoms. The number of Topliss-reactive ketones (excluding diaryl/α,β-unsaturated/α-hetero) is 3. The van der Waals surface area contributed by atoms with E-state index in [1.165, 1.54) is 47.1 Å². The maximum Gasteiger partial charge on any atom is 0.338 e. The zero-order valence-electron chi connectivity index (χ0n) is 33.4. The minimum absolute atomic E-state index is 0.0321. The lowest BCUT2D eigenvalue weighted by Gasteiger charge is -2.03. The monoisotopic (exact) mass is 870 g/mol. The third-order valence-corrected chi connectivity index (χ3v) is 7.62. The number of carbonyl (C=O) groups is 5. The topological polar surface area (TPSA) is 387 Å². The Labute approximate surface area is 350 Å². The van der Waals surface area contributed by atoms with Gasteiger partial charge in [0, 0.05) is 16.7 Å². The number of rotatable bonds is 5. The summed E-state index contributed by atoms with van der Waals surface area (Å²) in [4.78, 5) is 54.2. The summed E-state index contributed by atoms with van der Waals surface area (Å²) in [5, 5.41) is 126. The van der Waals surface area contributed by atoms with Gasteiger partial charge >= 0.3 is 11.9 Å². The van der Waals surface area contributed by atoms with Crippen molar-refractivity contribution in [3.05, 3.63) is 94.0 Å². The first-order chi connectivity index (χ1) is 28.7. The number of methoxy groups -OCH3 is 2. The van der Waals surface area contributed by atoms with Crippen LogP contribution >= 0.6 is 0 Å². The van der Waals surface area contributed by atoms with E-state index in [2.05, 4.69) is 9.47 Å². The van der Waals surface area contributed by atoms with Crippen molar-refractivity contribution in [1.29, 1.82) is 0 Å². The van der Waals surface area contributed by atoms with E-state index in [0.717, 1.165) is 48.5 Å². The molecule has 0 unspecified atom stereocenters. The van der Waals surface area contributed by atoms with E-state index >= 15 is 0 Å². The smallest absolute Gasteiger partial charge is 0.338 e. The van der Waals surface area contributed by atoms with Crippen LogP contribution in [0, 0.1) is 6.92 Å². The fourth-order valence-electron chi connectivity index (χ4n) is 4.26. The van der Waals surface area contributed by atoms with Crippen molar-refractivity contribution in [3.8, 4) is 80.5 Å². The molecule has 0 heterocycles. The molecule has 0 radical (unpaired) electrons. The van der Waals surface area contributed by atoms with Gasteiger partial charge in [0.15, 0.2) is 97.8 Å². The highest BCUT2D eigenvalue weighted by Gasteiger charge is 2.15. The molecule has 0 amide bonds. The number of carbonyl (C=O) groups excluding carboxylic acids is 5. The highest BCUT2D eigenvalue weighted by Crippen LogP contribution is 2.38. The van der Waals surface area contributed by atoms with Crippen LogP contribution in [0.25, 0.3) is 0 Å². The molecule has 0 bridgehead atoms. The minimum atomic E-state index is -0.703. The van der Waals surface area contributed by atoms with Gasteiger partial charge in [-0.1, -0.05) is 0 Å². The van der Waals surface area contributed by atoms with Gasteiger partial charge in [0.05, 0.1) is 25.3 Å². The molecule has 0 saturated carbocycles. The second-order valence-corrected chi connectivity index (χ2v) is 12.3. The zero-order chi connectivity index (χ0) is 47.9. The Bertz CT molecular complexity index is 2130. The van der Waals surface area contributed by atoms with Gasteiger partial charge in [-0.15, -0.1) is 0 Å². The number of benzene rings is 5. The Morgan fingerprint density at radius 1 is 0.323 bits per heavy atom. The van der Waals surface area contributed by atoms with Crippen molar-refractivity contribution in [2.45, 2.75) is 27.7 Å². The first kappa shape index (κ1) is 51.3. The van der Waals surface area contributed by atoms with Gasteiger partial charge in [-0.05, 0) is 93.9 Å². The number of phenolic OH excluding ortho intramolecular Hbond substituents is 14. The van der Waals surface area contributed by atoms with Crippen molar-refractivity contribution in [1.82, 2.24) is 0 Å². The third kappa shape index (κ3) is 14.3. The quantitative estimate of drug-likeness (QED) is 0.0640. The average Bonchev–Trinajstić information content (AvgIpc) is 3.21. The molecule has 5 rings (SSSR count). The minimum Gasteiger partial charge on any atom is -0.504 e. The number of phenols is 14. The van der Waals surface area contributed by atoms with Crippen LogP contribution < -0.4 is 0 Å². The molecule has 0 aromatic heterocycles. The van der Waals surface area contributed by atoms with Gasteiger partial charge in [0.25, 0.3) is 0 Å². The standard InChI is InChI=1S/C9H10O3.2C8H8O5.2C8H8O4/c1-5-3-7(6(2)10)4-8(11)9(5)12;2*1-13-8(12)4-2-5(9)7(11)6(10)3-4;2*1-4(9)5-2-6(10)8(12)7(11)3-5/h3-4,11-12H,1-2H3;2*2-3,9-11H,1H3;2*2-3,10-12H,1H3. The SMILES string of the molecule is CC(=O)c1cc(C)c(O)c(O)c1.CC(=O)c1cc(O)c(O)c(O)c1.CC(=O)c1cc(O)c(O)c(O)c1.COC(=O)c1cc(O)c(O)c(O)c1.COC(=O)c1cc(O)c(O)c(O)c1. The zero-order valence-corrected chi connectivity index (χ0v) is 33.4. The summed E-state index contributed by atoms with van der Waals surface area (Å²) in [5.41, 5.74) is 1.15. The van der Waals surface area contributed by atoms with Crippen LogP contribution in [0.3, 0.4) is 0 Å². The number of hydrogen-bond acceptors (Lipinski definition) is 21. The van der Waals surface area contributed by atoms with Crippen molar-refractivity contribution in [2.75, 3.05) is 14.2 Å². The Hall–Kier alpha value is -8.75. The van der Waals surface area contributed by atoms with Gasteiger partial charge in [0.2, 0.25) is 0 Å². The van der Waals surface area contributed by atoms with Gasteiger partial charge in [0.1, 0.15) is 0 Å². The number of ketones is 3. The Kier molecular flexibility index (Phi) is 18.5. The van der Waals surface area contributed by atoms with Crippen LogP contribution in [0.2, 0.25) is 0 Å². The van der Waals surface area contributed by atoms with E-state index in [-0.39, 0.29) is 51.1 Å². The molecule has 0 aliphatic rings. The molecule has 0 aliphatic heterocycles. The highest BCUT2D eigenvalue weighted by atomic mass is 16.5. The van der Waals surface area contributed by atoms with Crippen LogP contribution in [0.15, 0.2) is 60.7 Å². The molecular formula is C41H42O21. The van der Waals surface area contributed by atoms with Crippen molar-refractivity contribution in [3.63, 3.8) is 0 Å². The van der Waals surface area contributed by atoms with Gasteiger partial charge < -0.3 is 81.0 Å². The van der Waals surface area contributed by atoms with Crippen LogP contribution in [-0.4, -0.2) is 115 Å². The molecule has 62 heavy (non-hydrogen) atoms. The lowest BCUT2D eigenvalue weighted by molar-refractivity contribution is 0.0591. The van der Waals surface area contributed by atoms with Gasteiger partial charge in [-0.2, -0.15) is 0 Å². The number of ether oxygens (including phenoxy) is 2. The molecule has 332 valence electrons. The number of aromatic hydroxyl groups is 14. The summed E-state index contributed by atoms with van der Waals surface area (Å²) in [6, 6.07) is 11.2. The number of aryl methyl sites for hydroxylation is 1. The average molecular weight is 871 g/mol. The second kappa shape index (κ2) is 22.4. The molecule has 0 aliphatic carbocycles. The number of hydrogen-bond donors (Lipinski definition) is 14. The van der Waals surface area contributed by atoms with Gasteiger partial charge in [-0.25, -0.2) is 9.59 Å². The van der Waals surface area contributed by atoms with Crippen LogP contribution in [0.4, 0.5) is 0 Å². The van der Waals surface area contributed by atoms with Crippen molar-refractivity contribution < 1.29 is 105 Å². The van der Waals surface area contributed by atoms with Crippen LogP contribution in [-0.2, 0) is 9.47 Å². The van der Waals surface area contributed by atoms with Gasteiger partial charge in [-0.3, -0.25) is 14.4 Å². The molecule has 5 aromatic carbocycles. The van der Waals surface area contributed by atoms with E-state index in [9.17, 15) is 24.0 Å². The maximum atomic E-state index is 10.9. The molecule has 14 N–H and O–H groups in total. The van der Waals surface area contributed by atoms with E-state index in [1.807, 2.05) is 0 Å². The largest absolute Gasteiger partial charge is 0.504 e. The van der Waals surface area contributed by atoms with Crippen LogP contribution in [0.1, 0.15) is 78.1 Å².